The zero-order chi connectivity index (χ0) is 18.9. The number of nitriles is 1. The van der Waals surface area contributed by atoms with Crippen LogP contribution in [-0.2, 0) is 9.59 Å². The molecule has 1 aromatic rings. The number of amides is 2. The van der Waals surface area contributed by atoms with Crippen molar-refractivity contribution in [1.82, 2.24) is 9.80 Å². The molecule has 1 aromatic carbocycles. The third-order valence-electron chi connectivity index (χ3n) is 5.59. The van der Waals surface area contributed by atoms with Crippen molar-refractivity contribution in [3.05, 3.63) is 35.4 Å². The molecule has 7 nitrogen and oxygen atoms in total. The van der Waals surface area contributed by atoms with E-state index in [0.29, 0.717) is 50.0 Å². The van der Waals surface area contributed by atoms with Crippen LogP contribution in [0.15, 0.2) is 24.3 Å². The van der Waals surface area contributed by atoms with E-state index in [1.807, 2.05) is 6.07 Å². The summed E-state index contributed by atoms with van der Waals surface area (Å²) in [6, 6.07) is 7.99. The summed E-state index contributed by atoms with van der Waals surface area (Å²) in [5.74, 6) is -1.37. The molecule has 1 atom stereocenters. The Bertz CT molecular complexity index is 766. The number of nitrogens with zero attached hydrogens (tertiary/aromatic N) is 3. The van der Waals surface area contributed by atoms with Crippen molar-refractivity contribution in [1.29, 1.82) is 5.26 Å². The zero-order valence-corrected chi connectivity index (χ0v) is 14.6. The molecule has 7 heteroatoms. The van der Waals surface area contributed by atoms with E-state index in [1.165, 1.54) is 11.8 Å². The number of hydrogen-bond acceptors (Lipinski definition) is 4. The van der Waals surface area contributed by atoms with Crippen LogP contribution in [0.25, 0.3) is 0 Å². The molecular weight excluding hydrogens is 334 g/mol. The summed E-state index contributed by atoms with van der Waals surface area (Å²) in [6.45, 7) is 2.82. The predicted molar refractivity (Wildman–Crippen MR) is 92.2 cm³/mol. The number of benzene rings is 1. The lowest BCUT2D eigenvalue weighted by Crippen LogP contribution is -2.44. The lowest BCUT2D eigenvalue weighted by Gasteiger charge is -2.39. The molecule has 0 aliphatic carbocycles. The molecule has 1 unspecified atom stereocenters. The number of aliphatic carboxylic acids is 1. The molecule has 1 N–H and O–H groups in total. The highest BCUT2D eigenvalue weighted by Crippen LogP contribution is 2.43. The van der Waals surface area contributed by atoms with Crippen molar-refractivity contribution in [3.63, 3.8) is 0 Å². The standard InChI is InChI=1S/C19H21N3O4/c1-13(23)22-12-19(10-16(22)18(25)26)6-8-21(9-7-19)17(24)15-5-3-2-4-14(15)11-20/h2-5,16H,6-10,12H2,1H3,(H,25,26). The Balaban J connectivity index is 1.71. The second-order valence-electron chi connectivity index (χ2n) is 7.15. The smallest absolute Gasteiger partial charge is 0.326 e. The number of carboxylic acid groups (broad SMARTS) is 1. The van der Waals surface area contributed by atoms with Crippen LogP contribution < -0.4 is 0 Å². The first-order valence-corrected chi connectivity index (χ1v) is 8.65. The molecule has 2 amide bonds. The minimum Gasteiger partial charge on any atom is -0.480 e. The number of likely N-dealkylation sites (tertiary alicyclic amines) is 2. The van der Waals surface area contributed by atoms with Gasteiger partial charge >= 0.3 is 5.97 Å². The van der Waals surface area contributed by atoms with Gasteiger partial charge in [-0.25, -0.2) is 4.79 Å². The van der Waals surface area contributed by atoms with Gasteiger partial charge in [-0.1, -0.05) is 12.1 Å². The Hall–Kier alpha value is -2.88. The number of piperidine rings is 1. The molecule has 2 aliphatic heterocycles. The van der Waals surface area contributed by atoms with E-state index in [9.17, 15) is 24.8 Å². The topological polar surface area (TPSA) is 102 Å². The second kappa shape index (κ2) is 6.79. The van der Waals surface area contributed by atoms with Crippen LogP contribution in [0.5, 0.6) is 0 Å². The maximum atomic E-state index is 12.7. The van der Waals surface area contributed by atoms with Gasteiger partial charge in [0.05, 0.1) is 17.2 Å². The first-order chi connectivity index (χ1) is 12.4. The van der Waals surface area contributed by atoms with E-state index in [1.54, 1.807) is 29.2 Å². The molecule has 0 bridgehead atoms. The fourth-order valence-electron chi connectivity index (χ4n) is 4.09. The van der Waals surface area contributed by atoms with Gasteiger partial charge in [0.1, 0.15) is 6.04 Å². The highest BCUT2D eigenvalue weighted by molar-refractivity contribution is 5.96. The van der Waals surface area contributed by atoms with Gasteiger partial charge in [-0.3, -0.25) is 9.59 Å². The molecule has 3 rings (SSSR count). The fourth-order valence-corrected chi connectivity index (χ4v) is 4.09. The minimum absolute atomic E-state index is 0.173. The largest absolute Gasteiger partial charge is 0.480 e. The summed E-state index contributed by atoms with van der Waals surface area (Å²) in [7, 11) is 0. The monoisotopic (exact) mass is 355 g/mol. The number of carbonyl (C=O) groups excluding carboxylic acids is 2. The van der Waals surface area contributed by atoms with Crippen LogP contribution >= 0.6 is 0 Å². The molecule has 136 valence electrons. The van der Waals surface area contributed by atoms with Gasteiger partial charge in [-0.2, -0.15) is 5.26 Å². The summed E-state index contributed by atoms with van der Waals surface area (Å²) in [4.78, 5) is 39.2. The van der Waals surface area contributed by atoms with Crippen molar-refractivity contribution in [3.8, 4) is 6.07 Å². The first kappa shape index (κ1) is 17.9. The van der Waals surface area contributed by atoms with Gasteiger partial charge < -0.3 is 14.9 Å². The number of rotatable bonds is 2. The molecule has 2 fully saturated rings. The van der Waals surface area contributed by atoms with Gasteiger partial charge in [-0.15, -0.1) is 0 Å². The summed E-state index contributed by atoms with van der Waals surface area (Å²) >= 11 is 0. The van der Waals surface area contributed by atoms with Crippen molar-refractivity contribution < 1.29 is 19.5 Å². The Morgan fingerprint density at radius 1 is 1.23 bits per heavy atom. The summed E-state index contributed by atoms with van der Waals surface area (Å²) in [5, 5.41) is 18.6. The van der Waals surface area contributed by atoms with Crippen LogP contribution in [0.1, 0.15) is 42.1 Å². The minimum atomic E-state index is -0.974. The van der Waals surface area contributed by atoms with Crippen molar-refractivity contribution >= 4 is 17.8 Å². The number of carbonyl (C=O) groups is 3. The second-order valence-corrected chi connectivity index (χ2v) is 7.15. The van der Waals surface area contributed by atoms with Gasteiger partial charge in [-0.05, 0) is 36.8 Å². The van der Waals surface area contributed by atoms with Crippen molar-refractivity contribution in [2.45, 2.75) is 32.2 Å². The molecule has 26 heavy (non-hydrogen) atoms. The lowest BCUT2D eigenvalue weighted by molar-refractivity contribution is -0.147. The average Bonchev–Trinajstić information content (AvgIpc) is 3.02. The molecule has 2 heterocycles. The summed E-state index contributed by atoms with van der Waals surface area (Å²) < 4.78 is 0. The molecule has 0 aromatic heterocycles. The first-order valence-electron chi connectivity index (χ1n) is 8.65. The van der Waals surface area contributed by atoms with Crippen LogP contribution in [0.3, 0.4) is 0 Å². The van der Waals surface area contributed by atoms with E-state index in [4.69, 9.17) is 0 Å². The Morgan fingerprint density at radius 2 is 1.88 bits per heavy atom. The maximum absolute atomic E-state index is 12.7. The maximum Gasteiger partial charge on any atom is 0.326 e. The van der Waals surface area contributed by atoms with Crippen molar-refractivity contribution in [2.75, 3.05) is 19.6 Å². The summed E-state index contributed by atoms with van der Waals surface area (Å²) in [5.41, 5.74) is 0.499. The van der Waals surface area contributed by atoms with Crippen LogP contribution in [0, 0.1) is 16.7 Å². The van der Waals surface area contributed by atoms with Gasteiger partial charge in [0, 0.05) is 26.6 Å². The van der Waals surface area contributed by atoms with Gasteiger partial charge in [0.2, 0.25) is 5.91 Å². The van der Waals surface area contributed by atoms with E-state index >= 15 is 0 Å². The highest BCUT2D eigenvalue weighted by atomic mass is 16.4. The van der Waals surface area contributed by atoms with E-state index in [0.717, 1.165) is 0 Å². The van der Waals surface area contributed by atoms with Gasteiger partial charge in [0.15, 0.2) is 0 Å². The van der Waals surface area contributed by atoms with Crippen LogP contribution in [-0.4, -0.2) is 58.4 Å². The Labute approximate surface area is 151 Å². The number of carboxylic acids is 1. The summed E-state index contributed by atoms with van der Waals surface area (Å²) in [6.07, 6.45) is 1.74. The zero-order valence-electron chi connectivity index (χ0n) is 14.6. The average molecular weight is 355 g/mol. The third kappa shape index (κ3) is 3.15. The number of hydrogen-bond donors (Lipinski definition) is 1. The van der Waals surface area contributed by atoms with Crippen LogP contribution in [0.2, 0.25) is 0 Å². The highest BCUT2D eigenvalue weighted by Gasteiger charge is 2.49. The third-order valence-corrected chi connectivity index (χ3v) is 5.59. The van der Waals surface area contributed by atoms with Crippen molar-refractivity contribution in [2.24, 2.45) is 5.41 Å². The SMILES string of the molecule is CC(=O)N1CC2(CCN(C(=O)c3ccccc3C#N)CC2)CC1C(=O)O. The predicted octanol–water partition coefficient (Wildman–Crippen LogP) is 1.49. The van der Waals surface area contributed by atoms with Crippen LogP contribution in [0.4, 0.5) is 0 Å². The molecule has 1 spiro atoms. The van der Waals surface area contributed by atoms with Gasteiger partial charge in [0.25, 0.3) is 5.91 Å². The normalized spacial score (nSPS) is 21.5. The quantitative estimate of drug-likeness (QED) is 0.866. The lowest BCUT2D eigenvalue weighted by atomic mass is 9.76. The molecule has 0 radical (unpaired) electrons. The van der Waals surface area contributed by atoms with E-state index in [-0.39, 0.29) is 17.2 Å². The Kier molecular flexibility index (Phi) is 4.68. The molecule has 2 saturated heterocycles. The molecule has 2 aliphatic rings. The fraction of sp³-hybridized carbons (Fsp3) is 0.474. The van der Waals surface area contributed by atoms with E-state index in [2.05, 4.69) is 0 Å². The molecular formula is C19H21N3O4. The molecule has 0 saturated carbocycles. The Morgan fingerprint density at radius 3 is 2.42 bits per heavy atom. The van der Waals surface area contributed by atoms with E-state index < -0.39 is 12.0 Å².